The van der Waals surface area contributed by atoms with Gasteiger partial charge in [0, 0.05) is 18.0 Å². The second-order valence-electron chi connectivity index (χ2n) is 4.34. The summed E-state index contributed by atoms with van der Waals surface area (Å²) in [4.78, 5) is 1.06. The van der Waals surface area contributed by atoms with E-state index in [9.17, 15) is 13.5 Å². The Morgan fingerprint density at radius 2 is 2.12 bits per heavy atom. The van der Waals surface area contributed by atoms with E-state index in [4.69, 9.17) is 0 Å². The highest BCUT2D eigenvalue weighted by atomic mass is 32.2. The minimum absolute atomic E-state index is 0.189. The zero-order valence-corrected chi connectivity index (χ0v) is 10.9. The molecule has 4 nitrogen and oxygen atoms in total. The predicted octanol–water partition coefficient (Wildman–Crippen LogP) is 1.07. The van der Waals surface area contributed by atoms with E-state index < -0.39 is 15.6 Å². The number of nitrogens with zero attached hydrogens (tertiary/aromatic N) is 1. The average molecular weight is 261 g/mol. The highest BCUT2D eigenvalue weighted by molar-refractivity contribution is 7.91. The predicted molar refractivity (Wildman–Crippen MR) is 63.1 cm³/mol. The maximum atomic E-state index is 12.1. The van der Waals surface area contributed by atoms with Crippen molar-refractivity contribution in [2.45, 2.75) is 30.1 Å². The molecule has 0 spiro atoms. The van der Waals surface area contributed by atoms with Gasteiger partial charge in [0.1, 0.15) is 4.21 Å². The number of thiophene rings is 1. The van der Waals surface area contributed by atoms with Crippen molar-refractivity contribution in [1.82, 2.24) is 4.31 Å². The lowest BCUT2D eigenvalue weighted by Crippen LogP contribution is -2.61. The summed E-state index contributed by atoms with van der Waals surface area (Å²) in [5, 5.41) is 9.54. The summed E-state index contributed by atoms with van der Waals surface area (Å²) >= 11 is 1.31. The molecule has 0 amide bonds. The van der Waals surface area contributed by atoms with E-state index in [1.807, 2.05) is 13.0 Å². The van der Waals surface area contributed by atoms with Crippen LogP contribution in [0.2, 0.25) is 0 Å². The van der Waals surface area contributed by atoms with Crippen LogP contribution in [0.3, 0.4) is 0 Å². The van der Waals surface area contributed by atoms with Crippen molar-refractivity contribution < 1.29 is 13.5 Å². The lowest BCUT2D eigenvalue weighted by Gasteiger charge is -2.42. The van der Waals surface area contributed by atoms with Gasteiger partial charge in [-0.1, -0.05) is 6.92 Å². The van der Waals surface area contributed by atoms with Crippen LogP contribution < -0.4 is 0 Å². The number of aliphatic hydroxyl groups is 1. The van der Waals surface area contributed by atoms with E-state index in [0.29, 0.717) is 4.21 Å². The van der Waals surface area contributed by atoms with Crippen LogP contribution in [-0.2, 0) is 16.4 Å². The third-order valence-corrected chi connectivity index (χ3v) is 6.10. The molecule has 6 heteroatoms. The van der Waals surface area contributed by atoms with Crippen molar-refractivity contribution in [3.8, 4) is 0 Å². The van der Waals surface area contributed by atoms with Gasteiger partial charge in [0.15, 0.2) is 0 Å². The van der Waals surface area contributed by atoms with Crippen molar-refractivity contribution >= 4 is 21.4 Å². The van der Waals surface area contributed by atoms with Gasteiger partial charge in [0.05, 0.1) is 5.60 Å². The van der Waals surface area contributed by atoms with Crippen molar-refractivity contribution in [3.05, 3.63) is 17.0 Å². The fraction of sp³-hybridized carbons (Fsp3) is 0.600. The van der Waals surface area contributed by atoms with Crippen molar-refractivity contribution in [2.75, 3.05) is 13.1 Å². The SMILES string of the molecule is CCc1ccc(S(=O)(=O)N2CC(C)(O)C2)s1. The molecule has 0 unspecified atom stereocenters. The van der Waals surface area contributed by atoms with Crippen LogP contribution >= 0.6 is 11.3 Å². The highest BCUT2D eigenvalue weighted by Gasteiger charge is 2.44. The zero-order chi connectivity index (χ0) is 12.0. The van der Waals surface area contributed by atoms with Crippen LogP contribution in [0.25, 0.3) is 0 Å². The molecule has 0 aromatic carbocycles. The van der Waals surface area contributed by atoms with Crippen molar-refractivity contribution in [3.63, 3.8) is 0 Å². The Kier molecular flexibility index (Phi) is 2.86. The molecule has 1 aliphatic rings. The number of rotatable bonds is 3. The van der Waals surface area contributed by atoms with Crippen LogP contribution in [0.5, 0.6) is 0 Å². The van der Waals surface area contributed by atoms with E-state index in [1.54, 1.807) is 13.0 Å². The summed E-state index contributed by atoms with van der Waals surface area (Å²) in [6.07, 6.45) is 0.845. The van der Waals surface area contributed by atoms with Gasteiger partial charge in [-0.15, -0.1) is 11.3 Å². The van der Waals surface area contributed by atoms with Crippen LogP contribution in [0.15, 0.2) is 16.3 Å². The molecule has 1 aliphatic heterocycles. The highest BCUT2D eigenvalue weighted by Crippen LogP contribution is 2.31. The molecule has 0 bridgehead atoms. The van der Waals surface area contributed by atoms with Gasteiger partial charge in [-0.05, 0) is 25.5 Å². The first-order valence-corrected chi connectivity index (χ1v) is 7.42. The molecule has 16 heavy (non-hydrogen) atoms. The summed E-state index contributed by atoms with van der Waals surface area (Å²) in [6.45, 7) is 4.02. The molecule has 2 heterocycles. The van der Waals surface area contributed by atoms with Crippen LogP contribution in [-0.4, -0.2) is 36.5 Å². The number of sulfonamides is 1. The molecule has 0 radical (unpaired) electrons. The van der Waals surface area contributed by atoms with E-state index >= 15 is 0 Å². The second-order valence-corrected chi connectivity index (χ2v) is 7.68. The second kappa shape index (κ2) is 3.80. The summed E-state index contributed by atoms with van der Waals surface area (Å²) in [5.74, 6) is 0. The van der Waals surface area contributed by atoms with Gasteiger partial charge in [0.25, 0.3) is 10.0 Å². The minimum Gasteiger partial charge on any atom is -0.387 e. The average Bonchev–Trinajstić information content (AvgIpc) is 2.62. The fourth-order valence-corrected chi connectivity index (χ4v) is 4.82. The molecule has 2 rings (SSSR count). The Morgan fingerprint density at radius 1 is 1.50 bits per heavy atom. The Hall–Kier alpha value is -0.430. The lowest BCUT2D eigenvalue weighted by atomic mass is 10.0. The molecule has 1 saturated heterocycles. The van der Waals surface area contributed by atoms with Crippen LogP contribution in [0.1, 0.15) is 18.7 Å². The minimum atomic E-state index is -3.37. The summed E-state index contributed by atoms with van der Waals surface area (Å²) in [7, 11) is -3.37. The summed E-state index contributed by atoms with van der Waals surface area (Å²) < 4.78 is 25.8. The molecule has 1 N–H and O–H groups in total. The number of aryl methyl sites for hydroxylation is 1. The van der Waals surface area contributed by atoms with Gasteiger partial charge in [0.2, 0.25) is 0 Å². The van der Waals surface area contributed by atoms with E-state index in [1.165, 1.54) is 15.6 Å². The smallest absolute Gasteiger partial charge is 0.252 e. The summed E-state index contributed by atoms with van der Waals surface area (Å²) in [6, 6.07) is 3.49. The quantitative estimate of drug-likeness (QED) is 0.885. The Labute approximate surface area is 99.6 Å². The van der Waals surface area contributed by atoms with Gasteiger partial charge >= 0.3 is 0 Å². The standard InChI is InChI=1S/C10H15NO3S2/c1-3-8-4-5-9(15-8)16(13,14)11-6-10(2,12)7-11/h4-5,12H,3,6-7H2,1-2H3. The van der Waals surface area contributed by atoms with Gasteiger partial charge in [-0.25, -0.2) is 8.42 Å². The number of β-amino-alcohol motifs (C(OH)–C–C–N with tert-alkyl or cyclic N) is 1. The van der Waals surface area contributed by atoms with E-state index in [2.05, 4.69) is 0 Å². The zero-order valence-electron chi connectivity index (χ0n) is 9.30. The molecular formula is C10H15NO3S2. The maximum Gasteiger partial charge on any atom is 0.252 e. The Morgan fingerprint density at radius 3 is 2.56 bits per heavy atom. The monoisotopic (exact) mass is 261 g/mol. The first-order chi connectivity index (χ1) is 7.35. The molecule has 0 atom stereocenters. The molecule has 1 aromatic heterocycles. The lowest BCUT2D eigenvalue weighted by molar-refractivity contribution is -0.0425. The first kappa shape index (κ1) is 12.0. The van der Waals surface area contributed by atoms with Gasteiger partial charge < -0.3 is 5.11 Å². The normalized spacial score (nSPS) is 20.7. The number of hydrogen-bond acceptors (Lipinski definition) is 4. The molecule has 0 saturated carbocycles. The topological polar surface area (TPSA) is 57.6 Å². The van der Waals surface area contributed by atoms with E-state index in [0.717, 1.165) is 11.3 Å². The number of hydrogen-bond donors (Lipinski definition) is 1. The van der Waals surface area contributed by atoms with Crippen LogP contribution in [0.4, 0.5) is 0 Å². The molecule has 1 aromatic rings. The Bertz CT molecular complexity index is 482. The largest absolute Gasteiger partial charge is 0.387 e. The molecular weight excluding hydrogens is 246 g/mol. The summed E-state index contributed by atoms with van der Waals surface area (Å²) in [5.41, 5.74) is -0.863. The third kappa shape index (κ3) is 2.02. The fourth-order valence-electron chi connectivity index (χ4n) is 1.70. The van der Waals surface area contributed by atoms with Crippen molar-refractivity contribution in [2.24, 2.45) is 0 Å². The van der Waals surface area contributed by atoms with Gasteiger partial charge in [-0.2, -0.15) is 4.31 Å². The van der Waals surface area contributed by atoms with Crippen molar-refractivity contribution in [1.29, 1.82) is 0 Å². The molecule has 0 aliphatic carbocycles. The van der Waals surface area contributed by atoms with Gasteiger partial charge in [-0.3, -0.25) is 0 Å². The molecule has 90 valence electrons. The maximum absolute atomic E-state index is 12.1. The third-order valence-electron chi connectivity index (χ3n) is 2.61. The molecule has 1 fully saturated rings. The van der Waals surface area contributed by atoms with Crippen LogP contribution in [0, 0.1) is 0 Å². The van der Waals surface area contributed by atoms with E-state index in [-0.39, 0.29) is 13.1 Å². The first-order valence-electron chi connectivity index (χ1n) is 5.16. The Balaban J connectivity index is 2.20.